The van der Waals surface area contributed by atoms with Gasteiger partial charge in [0.2, 0.25) is 4.77 Å². The van der Waals surface area contributed by atoms with E-state index in [1.54, 1.807) is 6.92 Å². The molecule has 6 atom stereocenters. The Kier molecular flexibility index (Phi) is 7.26. The van der Waals surface area contributed by atoms with Crippen LogP contribution in [0.15, 0.2) is 11.0 Å². The van der Waals surface area contributed by atoms with Crippen LogP contribution in [0.5, 0.6) is 0 Å². The zero-order chi connectivity index (χ0) is 25.8. The van der Waals surface area contributed by atoms with Crippen molar-refractivity contribution in [2.45, 2.75) is 82.9 Å². The molecule has 0 aromatic carbocycles. The number of aliphatic hydroxyl groups excluding tert-OH is 2. The summed E-state index contributed by atoms with van der Waals surface area (Å²) in [5, 5.41) is 29.6. The Balaban J connectivity index is 1.94. The highest BCUT2D eigenvalue weighted by Crippen LogP contribution is 2.57. The van der Waals surface area contributed by atoms with E-state index in [-0.39, 0.29) is 34.2 Å². The fraction of sp³-hybridized carbons (Fsp3) is 0.650. The molecule has 0 bridgehead atoms. The molecule has 11 nitrogen and oxygen atoms in total. The number of hydrogen-bond acceptors (Lipinski definition) is 9. The molecular weight excluding hydrogens is 492 g/mol. The van der Waals surface area contributed by atoms with Crippen LogP contribution >= 0.6 is 19.8 Å². The van der Waals surface area contributed by atoms with Gasteiger partial charge in [-0.1, -0.05) is 6.92 Å². The second-order valence-electron chi connectivity index (χ2n) is 9.25. The van der Waals surface area contributed by atoms with E-state index >= 15 is 0 Å². The van der Waals surface area contributed by atoms with Crippen LogP contribution in [-0.2, 0) is 13.8 Å². The maximum absolute atomic E-state index is 14.1. The summed E-state index contributed by atoms with van der Waals surface area (Å²) < 4.78 is 39.1. The monoisotopic (exact) mass is 521 g/mol. The number of pyridine rings is 1. The third-order valence-electron chi connectivity index (χ3n) is 6.14. The molecule has 3 rings (SSSR count). The molecule has 0 amide bonds. The van der Waals surface area contributed by atoms with Gasteiger partial charge < -0.3 is 34.5 Å². The zero-order valence-corrected chi connectivity index (χ0v) is 21.1. The minimum atomic E-state index is -4.47. The number of fused-ring (bicyclic) bond motifs is 1. The number of rotatable bonds is 7. The van der Waals surface area contributed by atoms with Gasteiger partial charge in [-0.2, -0.15) is 0 Å². The lowest BCUT2D eigenvalue weighted by atomic mass is 9.93. The zero-order valence-electron chi connectivity index (χ0n) is 19.4. The van der Waals surface area contributed by atoms with Crippen molar-refractivity contribution in [1.82, 2.24) is 14.5 Å². The van der Waals surface area contributed by atoms with Crippen LogP contribution in [0.2, 0.25) is 0 Å². The second-order valence-corrected chi connectivity index (χ2v) is 11.9. The normalized spacial score (nSPS) is 27.0. The first-order valence-corrected chi connectivity index (χ1v) is 12.6. The number of ether oxygens (including phenoxy) is 1. The van der Waals surface area contributed by atoms with Crippen LogP contribution in [0, 0.1) is 17.5 Å². The molecule has 14 heteroatoms. The van der Waals surface area contributed by atoms with Crippen molar-refractivity contribution in [3.05, 3.63) is 32.7 Å². The molecule has 1 aliphatic heterocycles. The summed E-state index contributed by atoms with van der Waals surface area (Å²) in [6.07, 6.45) is -3.66. The number of H-pyrrole nitrogens is 1. The van der Waals surface area contributed by atoms with Gasteiger partial charge in [0.25, 0.3) is 5.56 Å². The van der Waals surface area contributed by atoms with Gasteiger partial charge in [-0.25, -0.2) is 9.37 Å². The summed E-state index contributed by atoms with van der Waals surface area (Å²) in [6, 6.07) is 0. The van der Waals surface area contributed by atoms with E-state index in [4.69, 9.17) is 21.5 Å². The smallest absolute Gasteiger partial charge is 0.359 e. The van der Waals surface area contributed by atoms with Gasteiger partial charge in [0.1, 0.15) is 17.9 Å². The standard InChI is InChI=1S/C20H29FN3O8PS/c1-6-20(5,32-33(29,30)19(3,4)28)7-11-13(25)14(26)17(31-11)24-8-10-9(2)12(21)16(27)22-15(10)23-18(24)34/h8,11,13-14,17,25-26,28H,6-7H2,1-5H3,(H,29,30)(H,22,23,27,34)/t11-,13?,14?,17-,20?/m1/s1. The van der Waals surface area contributed by atoms with Gasteiger partial charge in [0, 0.05) is 23.6 Å². The van der Waals surface area contributed by atoms with Crippen molar-refractivity contribution < 1.29 is 38.4 Å². The maximum atomic E-state index is 14.1. The maximum Gasteiger partial charge on any atom is 0.359 e. The number of aromatic amines is 1. The summed E-state index contributed by atoms with van der Waals surface area (Å²) in [6.45, 7) is 6.92. The average molecular weight is 522 g/mol. The molecule has 190 valence electrons. The van der Waals surface area contributed by atoms with Gasteiger partial charge >= 0.3 is 7.60 Å². The Labute approximate surface area is 199 Å². The number of nitrogens with one attached hydrogen (secondary N) is 1. The Bertz CT molecular complexity index is 1260. The molecule has 1 saturated heterocycles. The van der Waals surface area contributed by atoms with Crippen LogP contribution in [0.1, 0.15) is 52.3 Å². The van der Waals surface area contributed by atoms with E-state index in [9.17, 15) is 34.0 Å². The summed E-state index contributed by atoms with van der Waals surface area (Å²) >= 11 is 5.25. The Hall–Kier alpha value is -1.57. The van der Waals surface area contributed by atoms with Gasteiger partial charge in [0.15, 0.2) is 17.4 Å². The quantitative estimate of drug-likeness (QED) is 0.269. The second kappa shape index (κ2) is 9.14. The molecule has 1 fully saturated rings. The average Bonchev–Trinajstić information content (AvgIpc) is 2.98. The lowest BCUT2D eigenvalue weighted by molar-refractivity contribution is -0.0702. The highest BCUT2D eigenvalue weighted by molar-refractivity contribution is 7.71. The Morgan fingerprint density at radius 1 is 1.35 bits per heavy atom. The predicted octanol–water partition coefficient (Wildman–Crippen LogP) is 2.01. The molecular formula is C20H29FN3O8PS. The van der Waals surface area contributed by atoms with Crippen LogP contribution in [0.4, 0.5) is 4.39 Å². The molecule has 34 heavy (non-hydrogen) atoms. The van der Waals surface area contributed by atoms with Crippen molar-refractivity contribution in [2.24, 2.45) is 0 Å². The summed E-state index contributed by atoms with van der Waals surface area (Å²) in [7, 11) is -4.47. The molecule has 0 radical (unpaired) electrons. The minimum Gasteiger partial charge on any atom is -0.388 e. The summed E-state index contributed by atoms with van der Waals surface area (Å²) in [4.78, 5) is 28.3. The van der Waals surface area contributed by atoms with Crippen molar-refractivity contribution in [2.75, 3.05) is 0 Å². The molecule has 1 aliphatic rings. The van der Waals surface area contributed by atoms with Crippen LogP contribution in [-0.4, -0.2) is 64.0 Å². The molecule has 0 spiro atoms. The van der Waals surface area contributed by atoms with Crippen molar-refractivity contribution in [1.29, 1.82) is 0 Å². The van der Waals surface area contributed by atoms with E-state index in [1.807, 2.05) is 0 Å². The lowest BCUT2D eigenvalue weighted by Crippen LogP contribution is -2.39. The SMILES string of the molecule is CCC(C)(C[C@H]1O[C@@H](n2cc3c(C)c(F)c(=O)[nH]c3nc2=S)C(O)C1O)OP(=O)(O)C(C)(C)O. The van der Waals surface area contributed by atoms with Crippen molar-refractivity contribution in [3.8, 4) is 0 Å². The molecule has 5 N–H and O–H groups in total. The highest BCUT2D eigenvalue weighted by Gasteiger charge is 2.50. The topological polar surface area (TPSA) is 167 Å². The van der Waals surface area contributed by atoms with E-state index < -0.39 is 54.5 Å². The number of aryl methyl sites for hydroxylation is 1. The molecule has 0 saturated carbocycles. The van der Waals surface area contributed by atoms with Crippen molar-refractivity contribution in [3.63, 3.8) is 0 Å². The number of hydrogen-bond donors (Lipinski definition) is 5. The fourth-order valence-corrected chi connectivity index (χ4v) is 4.95. The molecule has 2 aromatic rings. The Morgan fingerprint density at radius 3 is 2.53 bits per heavy atom. The number of nitrogens with zero attached hydrogens (tertiary/aromatic N) is 2. The van der Waals surface area contributed by atoms with Crippen LogP contribution < -0.4 is 5.56 Å². The minimum absolute atomic E-state index is 0.0249. The highest BCUT2D eigenvalue weighted by atomic mass is 32.1. The van der Waals surface area contributed by atoms with Gasteiger partial charge in [-0.3, -0.25) is 13.9 Å². The van der Waals surface area contributed by atoms with Gasteiger partial charge in [-0.15, -0.1) is 0 Å². The van der Waals surface area contributed by atoms with E-state index in [1.165, 1.54) is 24.6 Å². The van der Waals surface area contributed by atoms with Crippen molar-refractivity contribution >= 4 is 30.8 Å². The summed E-state index contributed by atoms with van der Waals surface area (Å²) in [5.41, 5.74) is -2.15. The van der Waals surface area contributed by atoms with Gasteiger partial charge in [-0.05, 0) is 46.3 Å². The fourth-order valence-electron chi connectivity index (χ4n) is 3.68. The largest absolute Gasteiger partial charge is 0.388 e. The predicted molar refractivity (Wildman–Crippen MR) is 122 cm³/mol. The molecule has 4 unspecified atom stereocenters. The number of aliphatic hydroxyl groups is 3. The molecule has 3 heterocycles. The lowest BCUT2D eigenvalue weighted by Gasteiger charge is -2.36. The van der Waals surface area contributed by atoms with E-state index in [0.717, 1.165) is 13.8 Å². The van der Waals surface area contributed by atoms with Crippen LogP contribution in [0.25, 0.3) is 11.0 Å². The molecule has 2 aromatic heterocycles. The third kappa shape index (κ3) is 4.89. The molecule has 0 aliphatic carbocycles. The third-order valence-corrected chi connectivity index (χ3v) is 8.52. The van der Waals surface area contributed by atoms with E-state index in [2.05, 4.69) is 9.97 Å². The van der Waals surface area contributed by atoms with Crippen LogP contribution in [0.3, 0.4) is 0 Å². The summed E-state index contributed by atoms with van der Waals surface area (Å²) in [5.74, 6) is -0.986. The first-order valence-electron chi connectivity index (χ1n) is 10.6. The number of aromatic nitrogens is 3. The van der Waals surface area contributed by atoms with Gasteiger partial charge in [0.05, 0.1) is 11.7 Å². The Morgan fingerprint density at radius 2 is 1.97 bits per heavy atom. The number of halogens is 1. The first-order chi connectivity index (χ1) is 15.5. The first kappa shape index (κ1) is 27.0. The van der Waals surface area contributed by atoms with E-state index in [0.29, 0.717) is 0 Å².